The van der Waals surface area contributed by atoms with Gasteiger partial charge in [-0.3, -0.25) is 0 Å². The molecule has 0 atom stereocenters. The fraction of sp³-hybridized carbons (Fsp3) is 0.280. The number of hydrogen-bond donors (Lipinski definition) is 0. The van der Waals surface area contributed by atoms with Crippen LogP contribution in [0.4, 0.5) is 70.2 Å². The number of rotatable bonds is 22. The zero-order valence-corrected chi connectivity index (χ0v) is 36.4. The molecule has 374 valence electrons. The quantitative estimate of drug-likeness (QED) is 0.0386. The molecular weight excluding hydrogens is 969 g/mol. The van der Waals surface area contributed by atoms with Crippen molar-refractivity contribution in [3.63, 3.8) is 0 Å². The van der Waals surface area contributed by atoms with E-state index < -0.39 is 116 Å². The Hall–Kier alpha value is -6.60. The lowest BCUT2D eigenvalue weighted by molar-refractivity contribution is -0.190. The number of alkyl halides is 4. The molecular formula is C50H38F16O4. The second-order valence-electron chi connectivity index (χ2n) is 16.1. The molecule has 6 aromatic rings. The topological polar surface area (TPSA) is 36.9 Å². The first kappa shape index (κ1) is 52.8. The van der Waals surface area contributed by atoms with Crippen molar-refractivity contribution in [2.75, 3.05) is 13.2 Å². The fourth-order valence-electron chi connectivity index (χ4n) is 7.30. The Morgan fingerprint density at radius 2 is 0.686 bits per heavy atom. The Morgan fingerprint density at radius 1 is 0.371 bits per heavy atom. The van der Waals surface area contributed by atoms with Crippen LogP contribution in [0.5, 0.6) is 23.0 Å². The molecule has 0 saturated heterocycles. The fourth-order valence-corrected chi connectivity index (χ4v) is 7.30. The largest absolute Gasteiger partial charge is 0.493 e. The van der Waals surface area contributed by atoms with Gasteiger partial charge in [0, 0.05) is 47.5 Å². The van der Waals surface area contributed by atoms with E-state index in [2.05, 4.69) is 16.4 Å². The maximum Gasteiger partial charge on any atom is 0.432 e. The van der Waals surface area contributed by atoms with E-state index in [4.69, 9.17) is 9.47 Å². The number of halogens is 16. The van der Waals surface area contributed by atoms with Gasteiger partial charge in [-0.1, -0.05) is 45.4 Å². The normalized spacial score (nSPS) is 11.9. The van der Waals surface area contributed by atoms with Gasteiger partial charge in [0.15, 0.2) is 34.9 Å². The summed E-state index contributed by atoms with van der Waals surface area (Å²) in [4.78, 5) is 0. The van der Waals surface area contributed by atoms with Crippen molar-refractivity contribution in [2.24, 2.45) is 5.92 Å². The van der Waals surface area contributed by atoms with E-state index in [0.717, 1.165) is 62.8 Å². The van der Waals surface area contributed by atoms with Crippen LogP contribution in [0.2, 0.25) is 0 Å². The molecule has 0 aliphatic carbocycles. The second kappa shape index (κ2) is 22.4. The third kappa shape index (κ3) is 13.0. The van der Waals surface area contributed by atoms with Gasteiger partial charge in [0.2, 0.25) is 0 Å². The molecule has 0 spiro atoms. The van der Waals surface area contributed by atoms with Crippen LogP contribution in [-0.2, 0) is 12.2 Å². The number of unbranched alkanes of at least 4 members (excludes halogenated alkanes) is 4. The summed E-state index contributed by atoms with van der Waals surface area (Å²) in [6.45, 7) is 2.52. The summed E-state index contributed by atoms with van der Waals surface area (Å²) in [5.41, 5.74) is -5.49. The van der Waals surface area contributed by atoms with Crippen LogP contribution in [0.3, 0.4) is 0 Å². The molecule has 0 bridgehead atoms. The summed E-state index contributed by atoms with van der Waals surface area (Å²) >= 11 is 0. The molecule has 0 radical (unpaired) electrons. The summed E-state index contributed by atoms with van der Waals surface area (Å²) in [5, 5.41) is 0. The molecule has 20 heteroatoms. The average molecular weight is 1010 g/mol. The van der Waals surface area contributed by atoms with E-state index >= 15 is 8.78 Å². The highest BCUT2D eigenvalue weighted by Gasteiger charge is 2.43. The molecule has 0 unspecified atom stereocenters. The van der Waals surface area contributed by atoms with Gasteiger partial charge >= 0.3 is 12.2 Å². The summed E-state index contributed by atoms with van der Waals surface area (Å²) < 4.78 is 248. The van der Waals surface area contributed by atoms with Crippen LogP contribution in [0, 0.1) is 75.7 Å². The summed E-state index contributed by atoms with van der Waals surface area (Å²) in [5.74, 6) is -22.8. The van der Waals surface area contributed by atoms with E-state index in [1.807, 2.05) is 0 Å². The van der Waals surface area contributed by atoms with Gasteiger partial charge in [-0.25, -0.2) is 52.7 Å². The molecule has 0 amide bonds. The number of hydrogen-bond acceptors (Lipinski definition) is 4. The molecule has 70 heavy (non-hydrogen) atoms. The summed E-state index contributed by atoms with van der Waals surface area (Å²) in [6.07, 6.45) is -3.30. The molecule has 4 nitrogen and oxygen atoms in total. The molecule has 0 N–H and O–H groups in total. The average Bonchev–Trinajstić information content (AvgIpc) is 3.26. The van der Waals surface area contributed by atoms with E-state index in [1.165, 1.54) is 12.1 Å². The number of ether oxygens (including phenoxy) is 4. The zero-order valence-electron chi connectivity index (χ0n) is 36.4. The standard InChI is InChI=1S/C50H38F16O4/c1-26(8-4-2-6-14-67-29-10-12-33(35(51)20-29)27-16-37(53)45(38(54)17-27)49(63,64)69-31-22-41(57)47(61)42(58)23-31)9-5-3-7-15-68-30-11-13-34(36(52)21-30)28-18-39(55)46(40(56)19-28)50(65,66)70-32-24-43(59)48(62)44(60)25-32/h10-13,16-26H,2-9,14-15H2,1H3. The molecule has 0 fully saturated rings. The predicted octanol–water partition coefficient (Wildman–Crippen LogP) is 16.2. The van der Waals surface area contributed by atoms with Crippen LogP contribution in [0.1, 0.15) is 69.4 Å². The second-order valence-corrected chi connectivity index (χ2v) is 16.1. The Labute approximate surface area is 389 Å². The van der Waals surface area contributed by atoms with E-state index in [-0.39, 0.29) is 60.1 Å². The molecule has 6 rings (SSSR count). The van der Waals surface area contributed by atoms with E-state index in [9.17, 15) is 61.5 Å². The maximum atomic E-state index is 15.0. The molecule has 0 aliphatic rings. The molecule has 0 heterocycles. The minimum absolute atomic E-state index is 0.0646. The SMILES string of the molecule is CC(CCCCCOc1ccc(-c2cc(F)c(C(F)(F)Oc3cc(F)c(F)c(F)c3)c(F)c2)c(F)c1)CCCCCOc1ccc(-c2cc(F)c(C(F)(F)Oc3cc(F)c(F)c(F)c3)c(F)c2)c(F)c1. The van der Waals surface area contributed by atoms with Gasteiger partial charge in [0.25, 0.3) is 0 Å². The summed E-state index contributed by atoms with van der Waals surface area (Å²) in [6, 6.07) is 8.75. The van der Waals surface area contributed by atoms with E-state index in [1.54, 1.807) is 0 Å². The van der Waals surface area contributed by atoms with Crippen LogP contribution < -0.4 is 18.9 Å². The van der Waals surface area contributed by atoms with Crippen molar-refractivity contribution in [1.82, 2.24) is 0 Å². The molecule has 6 aromatic carbocycles. The zero-order chi connectivity index (χ0) is 51.1. The van der Waals surface area contributed by atoms with Crippen LogP contribution >= 0.6 is 0 Å². The van der Waals surface area contributed by atoms with Crippen LogP contribution in [-0.4, -0.2) is 13.2 Å². The van der Waals surface area contributed by atoms with Crippen molar-refractivity contribution in [2.45, 2.75) is 70.5 Å². The van der Waals surface area contributed by atoms with Crippen molar-refractivity contribution in [3.05, 3.63) is 166 Å². The van der Waals surface area contributed by atoms with Gasteiger partial charge in [-0.2, -0.15) is 17.6 Å². The highest BCUT2D eigenvalue weighted by Crippen LogP contribution is 2.40. The monoisotopic (exact) mass is 1010 g/mol. The van der Waals surface area contributed by atoms with Gasteiger partial charge in [0.1, 0.15) is 69.0 Å². The smallest absolute Gasteiger partial charge is 0.432 e. The van der Waals surface area contributed by atoms with Gasteiger partial charge in [-0.15, -0.1) is 0 Å². The Bertz CT molecular complexity index is 2540. The molecule has 0 aromatic heterocycles. The van der Waals surface area contributed by atoms with Crippen molar-refractivity contribution < 1.29 is 89.2 Å². The highest BCUT2D eigenvalue weighted by molar-refractivity contribution is 5.67. The van der Waals surface area contributed by atoms with Gasteiger partial charge in [0.05, 0.1) is 13.2 Å². The Balaban J connectivity index is 0.873. The lowest BCUT2D eigenvalue weighted by atomic mass is 9.97. The number of benzene rings is 6. The predicted molar refractivity (Wildman–Crippen MR) is 222 cm³/mol. The van der Waals surface area contributed by atoms with Crippen LogP contribution in [0.25, 0.3) is 22.3 Å². The molecule has 0 aliphatic heterocycles. The maximum absolute atomic E-state index is 15.0. The highest BCUT2D eigenvalue weighted by atomic mass is 19.3. The minimum atomic E-state index is -4.82. The van der Waals surface area contributed by atoms with Gasteiger partial charge in [-0.05, 0) is 78.4 Å². The molecule has 0 saturated carbocycles. The van der Waals surface area contributed by atoms with Crippen molar-refractivity contribution >= 4 is 0 Å². The Kier molecular flexibility index (Phi) is 16.9. The lowest BCUT2D eigenvalue weighted by Gasteiger charge is -2.20. The van der Waals surface area contributed by atoms with Crippen molar-refractivity contribution in [1.29, 1.82) is 0 Å². The first-order valence-electron chi connectivity index (χ1n) is 21.3. The Morgan fingerprint density at radius 3 is 1.00 bits per heavy atom. The van der Waals surface area contributed by atoms with Gasteiger partial charge < -0.3 is 18.9 Å². The first-order chi connectivity index (χ1) is 33.0. The first-order valence-corrected chi connectivity index (χ1v) is 21.3. The van der Waals surface area contributed by atoms with Crippen LogP contribution in [0.15, 0.2) is 84.9 Å². The third-order valence-electron chi connectivity index (χ3n) is 10.8. The van der Waals surface area contributed by atoms with E-state index in [0.29, 0.717) is 43.0 Å². The minimum Gasteiger partial charge on any atom is -0.493 e. The lowest BCUT2D eigenvalue weighted by Crippen LogP contribution is -2.25. The summed E-state index contributed by atoms with van der Waals surface area (Å²) in [7, 11) is 0. The van der Waals surface area contributed by atoms with Crippen molar-refractivity contribution in [3.8, 4) is 45.3 Å². The third-order valence-corrected chi connectivity index (χ3v) is 10.8.